The molecule has 2 unspecified atom stereocenters. The van der Waals surface area contributed by atoms with Crippen LogP contribution in [0.4, 0.5) is 0 Å². The van der Waals surface area contributed by atoms with Crippen molar-refractivity contribution in [1.29, 1.82) is 0 Å². The van der Waals surface area contributed by atoms with Crippen molar-refractivity contribution in [3.8, 4) is 17.2 Å². The average Bonchev–Trinajstić information content (AvgIpc) is 3.20. The van der Waals surface area contributed by atoms with Crippen molar-refractivity contribution in [3.05, 3.63) is 52.6 Å². The molecule has 1 amide bonds. The number of rotatable bonds is 7. The second kappa shape index (κ2) is 9.15. The third-order valence-corrected chi connectivity index (χ3v) is 5.40. The fourth-order valence-electron chi connectivity index (χ4n) is 3.52. The molecule has 0 aromatic heterocycles. The van der Waals surface area contributed by atoms with E-state index >= 15 is 0 Å². The minimum absolute atomic E-state index is 0.0659. The molecule has 0 saturated carbocycles. The minimum atomic E-state index is -0.355. The van der Waals surface area contributed by atoms with Gasteiger partial charge in [-0.2, -0.15) is 0 Å². The second-order valence-corrected chi connectivity index (χ2v) is 7.36. The summed E-state index contributed by atoms with van der Waals surface area (Å²) in [7, 11) is 3.21. The van der Waals surface area contributed by atoms with E-state index in [0.29, 0.717) is 30.9 Å². The molecule has 7 nitrogen and oxygen atoms in total. The second-order valence-electron chi connectivity index (χ2n) is 7.36. The van der Waals surface area contributed by atoms with Crippen LogP contribution in [0.3, 0.4) is 0 Å². The fourth-order valence-corrected chi connectivity index (χ4v) is 3.52. The Morgan fingerprint density at radius 3 is 2.55 bits per heavy atom. The zero-order valence-electron chi connectivity index (χ0n) is 17.3. The lowest BCUT2D eigenvalue weighted by molar-refractivity contribution is -0.122. The lowest BCUT2D eigenvalue weighted by Gasteiger charge is -2.14. The molecule has 1 heterocycles. The number of methoxy groups -OCH3 is 2. The van der Waals surface area contributed by atoms with Gasteiger partial charge in [-0.05, 0) is 61.6 Å². The van der Waals surface area contributed by atoms with Gasteiger partial charge < -0.3 is 19.9 Å². The van der Waals surface area contributed by atoms with Gasteiger partial charge in [0, 0.05) is 12.1 Å². The number of phenols is 1. The standard InChI is InChI=1S/C22H29N3O4/c1-13-9-16(19(26)10-14(13)2)17-12-18(25-24-17)22(27)23-8-7-15-5-6-20(28-3)21(11-15)29-4/h5-6,9-11,17-18,24-26H,7-8,12H2,1-4H3,(H,23,27). The maximum absolute atomic E-state index is 12.5. The fraction of sp³-hybridized carbons (Fsp3) is 0.409. The monoisotopic (exact) mass is 399 g/mol. The smallest absolute Gasteiger partial charge is 0.238 e. The first-order valence-electron chi connectivity index (χ1n) is 9.72. The summed E-state index contributed by atoms with van der Waals surface area (Å²) in [5.41, 5.74) is 10.2. The molecule has 0 radical (unpaired) electrons. The molecule has 7 heteroatoms. The summed E-state index contributed by atoms with van der Waals surface area (Å²) in [5, 5.41) is 13.2. The van der Waals surface area contributed by atoms with Gasteiger partial charge in [-0.15, -0.1) is 0 Å². The van der Waals surface area contributed by atoms with Crippen LogP contribution in [-0.2, 0) is 11.2 Å². The number of aromatic hydroxyl groups is 1. The van der Waals surface area contributed by atoms with Gasteiger partial charge in [0.1, 0.15) is 11.8 Å². The molecule has 0 aliphatic carbocycles. The molecule has 2 atom stereocenters. The Bertz CT molecular complexity index is 885. The van der Waals surface area contributed by atoms with Crippen LogP contribution in [0.15, 0.2) is 30.3 Å². The van der Waals surface area contributed by atoms with Crippen molar-refractivity contribution in [1.82, 2.24) is 16.2 Å². The van der Waals surface area contributed by atoms with Gasteiger partial charge in [0.15, 0.2) is 11.5 Å². The normalized spacial score (nSPS) is 18.5. The van der Waals surface area contributed by atoms with Crippen LogP contribution in [0.25, 0.3) is 0 Å². The molecule has 1 aliphatic rings. The van der Waals surface area contributed by atoms with Gasteiger partial charge in [-0.3, -0.25) is 4.79 Å². The van der Waals surface area contributed by atoms with Gasteiger partial charge in [-0.25, -0.2) is 10.9 Å². The van der Waals surface area contributed by atoms with Gasteiger partial charge in [0.05, 0.1) is 20.3 Å². The Kier molecular flexibility index (Phi) is 6.61. The van der Waals surface area contributed by atoms with Crippen LogP contribution in [0.5, 0.6) is 17.2 Å². The van der Waals surface area contributed by atoms with Crippen LogP contribution in [0.1, 0.15) is 34.7 Å². The average molecular weight is 399 g/mol. The van der Waals surface area contributed by atoms with E-state index < -0.39 is 0 Å². The quantitative estimate of drug-likeness (QED) is 0.571. The van der Waals surface area contributed by atoms with Crippen molar-refractivity contribution in [2.24, 2.45) is 0 Å². The molecule has 4 N–H and O–H groups in total. The van der Waals surface area contributed by atoms with Crippen LogP contribution in [0, 0.1) is 13.8 Å². The molecule has 29 heavy (non-hydrogen) atoms. The molecule has 0 bridgehead atoms. The Balaban J connectivity index is 1.53. The number of ether oxygens (including phenoxy) is 2. The molecule has 2 aromatic rings. The first kappa shape index (κ1) is 21.0. The molecule has 2 aromatic carbocycles. The van der Waals surface area contributed by atoms with E-state index in [0.717, 1.165) is 22.3 Å². The van der Waals surface area contributed by atoms with Crippen molar-refractivity contribution < 1.29 is 19.4 Å². The van der Waals surface area contributed by atoms with E-state index in [4.69, 9.17) is 9.47 Å². The Morgan fingerprint density at radius 1 is 1.10 bits per heavy atom. The van der Waals surface area contributed by atoms with E-state index in [1.54, 1.807) is 20.3 Å². The Labute approximate surface area is 171 Å². The van der Waals surface area contributed by atoms with Crippen molar-refractivity contribution in [3.63, 3.8) is 0 Å². The summed E-state index contributed by atoms with van der Waals surface area (Å²) < 4.78 is 10.6. The summed E-state index contributed by atoms with van der Waals surface area (Å²) in [5.74, 6) is 1.54. The molecule has 3 rings (SSSR count). The number of carbonyl (C=O) groups excluding carboxylic acids is 1. The summed E-state index contributed by atoms with van der Waals surface area (Å²) in [6, 6.07) is 9.01. The number of nitrogens with one attached hydrogen (secondary N) is 3. The SMILES string of the molecule is COc1ccc(CCNC(=O)C2CC(c3cc(C)c(C)cc3O)NN2)cc1OC. The lowest BCUT2D eigenvalue weighted by Crippen LogP contribution is -2.43. The Hall–Kier alpha value is -2.77. The number of phenolic OH excluding ortho intramolecular Hbond substituents is 1. The number of hydrazine groups is 1. The minimum Gasteiger partial charge on any atom is -0.508 e. The first-order chi connectivity index (χ1) is 13.9. The number of hydrogen-bond acceptors (Lipinski definition) is 6. The highest BCUT2D eigenvalue weighted by atomic mass is 16.5. The van der Waals surface area contributed by atoms with Gasteiger partial charge in [0.25, 0.3) is 0 Å². The topological polar surface area (TPSA) is 91.9 Å². The summed E-state index contributed by atoms with van der Waals surface area (Å²) in [4.78, 5) is 12.5. The van der Waals surface area contributed by atoms with E-state index in [2.05, 4.69) is 16.2 Å². The van der Waals surface area contributed by atoms with Crippen LogP contribution in [-0.4, -0.2) is 37.8 Å². The molecular weight excluding hydrogens is 370 g/mol. The molecule has 1 aliphatic heterocycles. The van der Waals surface area contributed by atoms with Crippen LogP contribution >= 0.6 is 0 Å². The highest BCUT2D eigenvalue weighted by Crippen LogP contribution is 2.32. The number of carbonyl (C=O) groups is 1. The molecule has 1 saturated heterocycles. The van der Waals surface area contributed by atoms with Crippen molar-refractivity contribution >= 4 is 5.91 Å². The summed E-state index contributed by atoms with van der Waals surface area (Å²) in [6.45, 7) is 4.50. The van der Waals surface area contributed by atoms with Gasteiger partial charge in [-0.1, -0.05) is 12.1 Å². The number of aryl methyl sites for hydroxylation is 2. The van der Waals surface area contributed by atoms with Crippen LogP contribution < -0.4 is 25.6 Å². The predicted octanol–water partition coefficient (Wildman–Crippen LogP) is 2.29. The molecular formula is C22H29N3O4. The van der Waals surface area contributed by atoms with Crippen molar-refractivity contribution in [2.45, 2.75) is 38.8 Å². The maximum Gasteiger partial charge on any atom is 0.238 e. The predicted molar refractivity (Wildman–Crippen MR) is 111 cm³/mol. The van der Waals surface area contributed by atoms with Crippen molar-refractivity contribution in [2.75, 3.05) is 20.8 Å². The van der Waals surface area contributed by atoms with Crippen LogP contribution in [0.2, 0.25) is 0 Å². The van der Waals surface area contributed by atoms with Gasteiger partial charge >= 0.3 is 0 Å². The molecule has 0 spiro atoms. The van der Waals surface area contributed by atoms with E-state index in [1.165, 1.54) is 0 Å². The third-order valence-electron chi connectivity index (χ3n) is 5.40. The highest BCUT2D eigenvalue weighted by molar-refractivity contribution is 5.82. The van der Waals surface area contributed by atoms with E-state index in [9.17, 15) is 9.90 Å². The number of benzene rings is 2. The summed E-state index contributed by atoms with van der Waals surface area (Å²) >= 11 is 0. The largest absolute Gasteiger partial charge is 0.508 e. The zero-order chi connectivity index (χ0) is 21.0. The molecule has 1 fully saturated rings. The molecule has 156 valence electrons. The number of hydrogen-bond donors (Lipinski definition) is 4. The third kappa shape index (κ3) is 4.81. The summed E-state index contributed by atoms with van der Waals surface area (Å²) in [6.07, 6.45) is 1.26. The number of amides is 1. The first-order valence-corrected chi connectivity index (χ1v) is 9.72. The van der Waals surface area contributed by atoms with E-state index in [1.807, 2.05) is 38.1 Å². The van der Waals surface area contributed by atoms with E-state index in [-0.39, 0.29) is 23.7 Å². The Morgan fingerprint density at radius 2 is 1.83 bits per heavy atom. The maximum atomic E-state index is 12.5. The highest BCUT2D eigenvalue weighted by Gasteiger charge is 2.31. The lowest BCUT2D eigenvalue weighted by atomic mass is 9.97. The zero-order valence-corrected chi connectivity index (χ0v) is 17.3. The van der Waals surface area contributed by atoms with Gasteiger partial charge in [0.2, 0.25) is 5.91 Å².